The normalized spacial score (nSPS) is 11.2. The highest BCUT2D eigenvalue weighted by molar-refractivity contribution is 9.10. The van der Waals surface area contributed by atoms with Gasteiger partial charge in [0.15, 0.2) is 5.82 Å². The second-order valence-electron chi connectivity index (χ2n) is 4.45. The van der Waals surface area contributed by atoms with Gasteiger partial charge in [-0.25, -0.2) is 9.37 Å². The molecule has 2 rings (SSSR count). The summed E-state index contributed by atoms with van der Waals surface area (Å²) < 4.78 is 41.2. The minimum absolute atomic E-state index is 0.333. The molecule has 2 aromatic rings. The van der Waals surface area contributed by atoms with E-state index in [-0.39, 0.29) is 0 Å². The average Bonchev–Trinajstić information content (AvgIpc) is 2.38. The van der Waals surface area contributed by atoms with Crippen molar-refractivity contribution in [3.05, 3.63) is 46.8 Å². The molecule has 1 aromatic carbocycles. The number of hydrogen-bond donors (Lipinski definition) is 1. The number of rotatable bonds is 4. The minimum Gasteiger partial charge on any atom is -0.376 e. The van der Waals surface area contributed by atoms with Crippen LogP contribution in [0.25, 0.3) is 0 Å². The smallest absolute Gasteiger partial charge is 0.282 e. The third kappa shape index (κ3) is 3.51. The predicted octanol–water partition coefficient (Wildman–Crippen LogP) is 2.85. The van der Waals surface area contributed by atoms with E-state index < -0.39 is 20.9 Å². The Balaban J connectivity index is 2.47. The van der Waals surface area contributed by atoms with Crippen molar-refractivity contribution >= 4 is 37.3 Å². The van der Waals surface area contributed by atoms with Crippen molar-refractivity contribution in [3.8, 4) is 0 Å². The fourth-order valence-corrected chi connectivity index (χ4v) is 3.18. The van der Waals surface area contributed by atoms with Gasteiger partial charge in [-0.3, -0.25) is 4.72 Å². The largest absolute Gasteiger partial charge is 0.376 e. The molecule has 1 N–H and O–H groups in total. The summed E-state index contributed by atoms with van der Waals surface area (Å²) in [6.45, 7) is 0. The molecule has 0 atom stereocenters. The van der Waals surface area contributed by atoms with E-state index in [0.29, 0.717) is 15.8 Å². The molecular weight excluding hydrogens is 361 g/mol. The summed E-state index contributed by atoms with van der Waals surface area (Å²) in [5.41, 5.74) is 0.984. The van der Waals surface area contributed by atoms with E-state index in [1.807, 2.05) is 0 Å². The van der Waals surface area contributed by atoms with Gasteiger partial charge < -0.3 is 4.90 Å². The van der Waals surface area contributed by atoms with Gasteiger partial charge in [0.1, 0.15) is 0 Å². The van der Waals surface area contributed by atoms with E-state index >= 15 is 0 Å². The molecule has 0 saturated heterocycles. The molecule has 0 aliphatic carbocycles. The van der Waals surface area contributed by atoms with Crippen LogP contribution in [0, 0.1) is 5.82 Å². The number of aromatic nitrogens is 1. The van der Waals surface area contributed by atoms with Gasteiger partial charge in [0.2, 0.25) is 5.03 Å². The Labute approximate surface area is 131 Å². The van der Waals surface area contributed by atoms with Gasteiger partial charge in [-0.1, -0.05) is 15.9 Å². The quantitative estimate of drug-likeness (QED) is 0.894. The number of hydrogen-bond acceptors (Lipinski definition) is 4. The minimum atomic E-state index is -4.10. The van der Waals surface area contributed by atoms with Crippen LogP contribution in [-0.2, 0) is 10.0 Å². The van der Waals surface area contributed by atoms with E-state index in [9.17, 15) is 12.8 Å². The fraction of sp³-hybridized carbons (Fsp3) is 0.154. The summed E-state index contributed by atoms with van der Waals surface area (Å²) in [7, 11) is -0.540. The van der Waals surface area contributed by atoms with Gasteiger partial charge in [0, 0.05) is 24.8 Å². The zero-order valence-corrected chi connectivity index (χ0v) is 13.7. The first-order chi connectivity index (χ1) is 9.81. The maximum Gasteiger partial charge on any atom is 0.282 e. The Morgan fingerprint density at radius 3 is 2.62 bits per heavy atom. The number of nitrogens with zero attached hydrogens (tertiary/aromatic N) is 2. The van der Waals surface area contributed by atoms with Crippen molar-refractivity contribution < 1.29 is 12.8 Å². The van der Waals surface area contributed by atoms with Gasteiger partial charge in [-0.2, -0.15) is 8.42 Å². The lowest BCUT2D eigenvalue weighted by molar-refractivity contribution is 0.557. The van der Waals surface area contributed by atoms with Crippen molar-refractivity contribution in [2.75, 3.05) is 23.7 Å². The molecule has 0 amide bonds. The van der Waals surface area contributed by atoms with Gasteiger partial charge in [0.25, 0.3) is 10.0 Å². The van der Waals surface area contributed by atoms with Crippen molar-refractivity contribution in [3.63, 3.8) is 0 Å². The van der Waals surface area contributed by atoms with Crippen LogP contribution >= 0.6 is 15.9 Å². The highest BCUT2D eigenvalue weighted by Crippen LogP contribution is 2.30. The molecule has 5 nitrogen and oxygen atoms in total. The van der Waals surface area contributed by atoms with Crippen molar-refractivity contribution in [1.29, 1.82) is 0 Å². The summed E-state index contributed by atoms with van der Waals surface area (Å²) in [6, 6.07) is 7.52. The van der Waals surface area contributed by atoms with Crippen molar-refractivity contribution in [2.24, 2.45) is 0 Å². The van der Waals surface area contributed by atoms with Crippen LogP contribution in [0.4, 0.5) is 15.8 Å². The van der Waals surface area contributed by atoms with Gasteiger partial charge in [0.05, 0.1) is 11.4 Å². The summed E-state index contributed by atoms with van der Waals surface area (Å²) >= 11 is 3.28. The highest BCUT2D eigenvalue weighted by atomic mass is 79.9. The zero-order chi connectivity index (χ0) is 15.6. The molecule has 0 aliphatic heterocycles. The molecule has 8 heteroatoms. The molecule has 21 heavy (non-hydrogen) atoms. The van der Waals surface area contributed by atoms with Crippen molar-refractivity contribution in [2.45, 2.75) is 5.03 Å². The van der Waals surface area contributed by atoms with Crippen LogP contribution in [0.2, 0.25) is 0 Å². The van der Waals surface area contributed by atoms with E-state index in [4.69, 9.17) is 0 Å². The first-order valence-corrected chi connectivity index (χ1v) is 8.19. The molecule has 0 aliphatic rings. The third-order valence-corrected chi connectivity index (χ3v) is 4.46. The monoisotopic (exact) mass is 373 g/mol. The third-order valence-electron chi connectivity index (χ3n) is 2.66. The Bertz CT molecular complexity index is 766. The van der Waals surface area contributed by atoms with Gasteiger partial charge in [-0.15, -0.1) is 0 Å². The van der Waals surface area contributed by atoms with Crippen LogP contribution in [0.5, 0.6) is 0 Å². The lowest BCUT2D eigenvalue weighted by Gasteiger charge is -2.18. The van der Waals surface area contributed by atoms with Crippen LogP contribution in [-0.4, -0.2) is 27.5 Å². The highest BCUT2D eigenvalue weighted by Gasteiger charge is 2.22. The molecule has 0 spiro atoms. The lowest BCUT2D eigenvalue weighted by atomic mass is 10.2. The Kier molecular flexibility index (Phi) is 4.48. The van der Waals surface area contributed by atoms with Gasteiger partial charge >= 0.3 is 0 Å². The molecule has 0 saturated carbocycles. The second-order valence-corrected chi connectivity index (χ2v) is 6.97. The topological polar surface area (TPSA) is 62.3 Å². The van der Waals surface area contributed by atoms with Gasteiger partial charge in [-0.05, 0) is 30.3 Å². The van der Waals surface area contributed by atoms with Crippen molar-refractivity contribution in [1.82, 2.24) is 4.98 Å². The van der Waals surface area contributed by atoms with Crippen LogP contribution in [0.1, 0.15) is 0 Å². The van der Waals surface area contributed by atoms with E-state index in [1.54, 1.807) is 37.2 Å². The molecule has 112 valence electrons. The van der Waals surface area contributed by atoms with Crippen LogP contribution in [0.15, 0.2) is 46.0 Å². The molecule has 0 radical (unpaired) electrons. The predicted molar refractivity (Wildman–Crippen MR) is 83.5 cm³/mol. The summed E-state index contributed by atoms with van der Waals surface area (Å²) in [4.78, 5) is 5.34. The molecular formula is C13H13BrFN3O2S. The SMILES string of the molecule is CN(C)c1ccc(Br)cc1NS(=O)(=O)c1ncccc1F. The molecule has 0 bridgehead atoms. The number of halogens is 2. The maximum absolute atomic E-state index is 13.6. The number of anilines is 2. The molecule has 1 aromatic heterocycles. The number of sulfonamides is 1. The number of pyridine rings is 1. The average molecular weight is 374 g/mol. The Hall–Kier alpha value is -1.67. The van der Waals surface area contributed by atoms with E-state index in [0.717, 1.165) is 6.07 Å². The number of benzene rings is 1. The Morgan fingerprint density at radius 1 is 1.29 bits per heavy atom. The second kappa shape index (κ2) is 5.98. The molecule has 0 fully saturated rings. The first kappa shape index (κ1) is 15.7. The van der Waals surface area contributed by atoms with Crippen LogP contribution < -0.4 is 9.62 Å². The van der Waals surface area contributed by atoms with E-state index in [1.165, 1.54) is 12.3 Å². The first-order valence-electron chi connectivity index (χ1n) is 5.91. The lowest BCUT2D eigenvalue weighted by Crippen LogP contribution is -2.19. The summed E-state index contributed by atoms with van der Waals surface area (Å²) in [5.74, 6) is -0.897. The zero-order valence-electron chi connectivity index (χ0n) is 11.3. The standard InChI is InChI=1S/C13H13BrFN3O2S/c1-18(2)12-6-5-9(14)8-11(12)17-21(19,20)13-10(15)4-3-7-16-13/h3-8,17H,1-2H3. The fourth-order valence-electron chi connectivity index (χ4n) is 1.74. The number of nitrogens with one attached hydrogen (secondary N) is 1. The Morgan fingerprint density at radius 2 is 2.00 bits per heavy atom. The molecule has 1 heterocycles. The molecule has 0 unspecified atom stereocenters. The van der Waals surface area contributed by atoms with E-state index in [2.05, 4.69) is 25.6 Å². The summed E-state index contributed by atoms with van der Waals surface area (Å²) in [5, 5.41) is -0.630. The maximum atomic E-state index is 13.6. The summed E-state index contributed by atoms with van der Waals surface area (Å²) in [6.07, 6.45) is 1.23. The van der Waals surface area contributed by atoms with Crippen LogP contribution in [0.3, 0.4) is 0 Å².